The normalized spacial score (nSPS) is 11.1. The van der Waals surface area contributed by atoms with Gasteiger partial charge in [-0.1, -0.05) is 22.0 Å². The highest BCUT2D eigenvalue weighted by Crippen LogP contribution is 2.16. The molecule has 0 aliphatic heterocycles. The van der Waals surface area contributed by atoms with Crippen molar-refractivity contribution < 1.29 is 0 Å². The SMILES string of the molecule is CCNC(=NCc1ccc(Br)cc1C)NCc1nnc(C)n1C.I. The van der Waals surface area contributed by atoms with Gasteiger partial charge in [0.05, 0.1) is 13.1 Å². The number of benzene rings is 1. The second-order valence-electron chi connectivity index (χ2n) is 5.34. The largest absolute Gasteiger partial charge is 0.357 e. The van der Waals surface area contributed by atoms with E-state index in [0.717, 1.165) is 28.6 Å². The number of hydrogen-bond acceptors (Lipinski definition) is 3. The molecule has 0 fully saturated rings. The van der Waals surface area contributed by atoms with Crippen molar-refractivity contribution in [1.29, 1.82) is 0 Å². The fraction of sp³-hybridized carbons (Fsp3) is 0.438. The molecule has 0 saturated heterocycles. The molecule has 0 spiro atoms. The van der Waals surface area contributed by atoms with Crippen molar-refractivity contribution in [1.82, 2.24) is 25.4 Å². The van der Waals surface area contributed by atoms with Gasteiger partial charge in [0.2, 0.25) is 0 Å². The molecule has 0 aliphatic rings. The Hall–Kier alpha value is -1.16. The van der Waals surface area contributed by atoms with Crippen molar-refractivity contribution in [3.05, 3.63) is 45.4 Å². The number of guanidine groups is 1. The van der Waals surface area contributed by atoms with E-state index in [1.165, 1.54) is 11.1 Å². The van der Waals surface area contributed by atoms with E-state index in [2.05, 4.69) is 67.7 Å². The number of aryl methyl sites for hydroxylation is 2. The molecule has 0 radical (unpaired) electrons. The molecule has 1 aromatic carbocycles. The Labute approximate surface area is 168 Å². The van der Waals surface area contributed by atoms with E-state index in [-0.39, 0.29) is 24.0 Å². The monoisotopic (exact) mass is 506 g/mol. The maximum Gasteiger partial charge on any atom is 0.191 e. The molecule has 24 heavy (non-hydrogen) atoms. The lowest BCUT2D eigenvalue weighted by atomic mass is 10.1. The first kappa shape index (κ1) is 20.9. The lowest BCUT2D eigenvalue weighted by Gasteiger charge is -2.11. The third-order valence-corrected chi connectivity index (χ3v) is 4.15. The molecule has 132 valence electrons. The van der Waals surface area contributed by atoms with E-state index in [0.29, 0.717) is 13.1 Å². The molecule has 8 heteroatoms. The summed E-state index contributed by atoms with van der Waals surface area (Å²) >= 11 is 3.48. The van der Waals surface area contributed by atoms with Gasteiger partial charge in [-0.3, -0.25) is 0 Å². The summed E-state index contributed by atoms with van der Waals surface area (Å²) in [5.41, 5.74) is 2.43. The summed E-state index contributed by atoms with van der Waals surface area (Å²) in [6.07, 6.45) is 0. The minimum absolute atomic E-state index is 0. The highest BCUT2D eigenvalue weighted by Gasteiger charge is 2.06. The van der Waals surface area contributed by atoms with E-state index in [9.17, 15) is 0 Å². The topological polar surface area (TPSA) is 67.1 Å². The van der Waals surface area contributed by atoms with E-state index in [1.807, 2.05) is 24.6 Å². The van der Waals surface area contributed by atoms with E-state index >= 15 is 0 Å². The molecular formula is C16H24BrIN6. The van der Waals surface area contributed by atoms with Crippen LogP contribution in [0.1, 0.15) is 29.7 Å². The van der Waals surface area contributed by atoms with Gasteiger partial charge in [0.1, 0.15) is 5.82 Å². The molecule has 0 atom stereocenters. The van der Waals surface area contributed by atoms with Crippen LogP contribution in [-0.4, -0.2) is 27.3 Å². The number of aliphatic imine (C=N–C) groups is 1. The molecule has 0 bridgehead atoms. The van der Waals surface area contributed by atoms with Crippen LogP contribution in [0.15, 0.2) is 27.7 Å². The van der Waals surface area contributed by atoms with Crippen LogP contribution in [0.3, 0.4) is 0 Å². The van der Waals surface area contributed by atoms with Crippen LogP contribution in [-0.2, 0) is 20.1 Å². The molecule has 0 unspecified atom stereocenters. The van der Waals surface area contributed by atoms with Crippen LogP contribution in [0.5, 0.6) is 0 Å². The van der Waals surface area contributed by atoms with Gasteiger partial charge < -0.3 is 15.2 Å². The Morgan fingerprint density at radius 1 is 1.25 bits per heavy atom. The minimum Gasteiger partial charge on any atom is -0.357 e. The predicted octanol–water partition coefficient (Wildman–Crippen LogP) is 3.07. The van der Waals surface area contributed by atoms with Crippen molar-refractivity contribution in [2.45, 2.75) is 33.9 Å². The van der Waals surface area contributed by atoms with Crippen LogP contribution in [0.4, 0.5) is 0 Å². The molecule has 2 aromatic rings. The lowest BCUT2D eigenvalue weighted by Crippen LogP contribution is -2.37. The number of nitrogens with one attached hydrogen (secondary N) is 2. The lowest BCUT2D eigenvalue weighted by molar-refractivity contribution is 0.718. The molecule has 1 heterocycles. The Morgan fingerprint density at radius 3 is 2.58 bits per heavy atom. The molecule has 0 amide bonds. The average molecular weight is 507 g/mol. The number of aromatic nitrogens is 3. The van der Waals surface area contributed by atoms with Crippen LogP contribution >= 0.6 is 39.9 Å². The molecule has 0 saturated carbocycles. The number of halogens is 2. The smallest absolute Gasteiger partial charge is 0.191 e. The zero-order valence-corrected chi connectivity index (χ0v) is 18.3. The number of rotatable bonds is 5. The Balaban J connectivity index is 0.00000288. The Kier molecular flexibility index (Phi) is 8.68. The third kappa shape index (κ3) is 5.73. The maximum atomic E-state index is 4.65. The van der Waals surface area contributed by atoms with Gasteiger partial charge in [-0.2, -0.15) is 0 Å². The second kappa shape index (κ2) is 9.97. The van der Waals surface area contributed by atoms with E-state index in [4.69, 9.17) is 0 Å². The van der Waals surface area contributed by atoms with Crippen LogP contribution < -0.4 is 10.6 Å². The maximum absolute atomic E-state index is 4.65. The second-order valence-corrected chi connectivity index (χ2v) is 6.26. The van der Waals surface area contributed by atoms with Gasteiger partial charge in [-0.25, -0.2) is 4.99 Å². The zero-order chi connectivity index (χ0) is 16.8. The van der Waals surface area contributed by atoms with Crippen molar-refractivity contribution in [2.75, 3.05) is 6.54 Å². The fourth-order valence-electron chi connectivity index (χ4n) is 2.11. The van der Waals surface area contributed by atoms with Gasteiger partial charge >= 0.3 is 0 Å². The van der Waals surface area contributed by atoms with Crippen LogP contribution in [0, 0.1) is 13.8 Å². The summed E-state index contributed by atoms with van der Waals surface area (Å²) in [6, 6.07) is 6.24. The fourth-order valence-corrected chi connectivity index (χ4v) is 2.59. The van der Waals surface area contributed by atoms with Gasteiger partial charge in [-0.05, 0) is 44.0 Å². The van der Waals surface area contributed by atoms with Crippen molar-refractivity contribution in [3.63, 3.8) is 0 Å². The minimum atomic E-state index is 0. The molecule has 1 aromatic heterocycles. The summed E-state index contributed by atoms with van der Waals surface area (Å²) in [6.45, 7) is 8.11. The van der Waals surface area contributed by atoms with Gasteiger partial charge in [0.15, 0.2) is 11.8 Å². The summed E-state index contributed by atoms with van der Waals surface area (Å²) in [5, 5.41) is 14.8. The molecular weight excluding hydrogens is 483 g/mol. The molecule has 6 nitrogen and oxygen atoms in total. The highest BCUT2D eigenvalue weighted by molar-refractivity contribution is 14.0. The summed E-state index contributed by atoms with van der Waals surface area (Å²) in [7, 11) is 1.96. The van der Waals surface area contributed by atoms with Crippen molar-refractivity contribution in [2.24, 2.45) is 12.0 Å². The van der Waals surface area contributed by atoms with Gasteiger partial charge in [0.25, 0.3) is 0 Å². The Bertz CT molecular complexity index is 698. The first-order valence-corrected chi connectivity index (χ1v) is 8.42. The molecule has 0 aliphatic carbocycles. The third-order valence-electron chi connectivity index (χ3n) is 3.65. The standard InChI is InChI=1S/C16H23BrN6.HI/c1-5-18-16(20-10-15-22-21-12(3)23(15)4)19-9-13-6-7-14(17)8-11(13)2;/h6-8H,5,9-10H2,1-4H3,(H2,18,19,20);1H. The first-order valence-electron chi connectivity index (χ1n) is 7.63. The summed E-state index contributed by atoms with van der Waals surface area (Å²) in [5.74, 6) is 2.55. The Morgan fingerprint density at radius 2 is 2.00 bits per heavy atom. The molecule has 2 N–H and O–H groups in total. The van der Waals surface area contributed by atoms with E-state index < -0.39 is 0 Å². The summed E-state index contributed by atoms with van der Waals surface area (Å²) in [4.78, 5) is 4.65. The van der Waals surface area contributed by atoms with Gasteiger partial charge in [-0.15, -0.1) is 34.2 Å². The van der Waals surface area contributed by atoms with E-state index in [1.54, 1.807) is 0 Å². The summed E-state index contributed by atoms with van der Waals surface area (Å²) < 4.78 is 3.06. The molecule has 2 rings (SSSR count). The highest BCUT2D eigenvalue weighted by atomic mass is 127. The van der Waals surface area contributed by atoms with Crippen molar-refractivity contribution in [3.8, 4) is 0 Å². The van der Waals surface area contributed by atoms with Crippen molar-refractivity contribution >= 4 is 45.9 Å². The van der Waals surface area contributed by atoms with Gasteiger partial charge in [0, 0.05) is 18.1 Å². The first-order chi connectivity index (χ1) is 11.0. The van der Waals surface area contributed by atoms with Crippen LogP contribution in [0.2, 0.25) is 0 Å². The number of nitrogens with zero attached hydrogens (tertiary/aromatic N) is 4. The quantitative estimate of drug-likeness (QED) is 0.371. The predicted molar refractivity (Wildman–Crippen MR) is 112 cm³/mol. The number of hydrogen-bond donors (Lipinski definition) is 2. The zero-order valence-electron chi connectivity index (χ0n) is 14.4. The van der Waals surface area contributed by atoms with Crippen LogP contribution in [0.25, 0.3) is 0 Å². The average Bonchev–Trinajstić information content (AvgIpc) is 2.83.